The molecule has 1 unspecified atom stereocenters. The van der Waals surface area contributed by atoms with E-state index in [1.165, 1.54) is 0 Å². The standard InChI is InChI=1S/C14H21NO3/c1-10-7-5-6-8-11(10)12(16)9-15-13(17)18-14(2,3)4/h5-8,12,16H,9H2,1-4H3,(H,15,17). The van der Waals surface area contributed by atoms with Crippen LogP contribution < -0.4 is 5.32 Å². The average molecular weight is 251 g/mol. The van der Waals surface area contributed by atoms with E-state index in [0.29, 0.717) is 0 Å². The Morgan fingerprint density at radius 2 is 2.00 bits per heavy atom. The number of ether oxygens (including phenoxy) is 1. The largest absolute Gasteiger partial charge is 0.444 e. The second-order valence-electron chi connectivity index (χ2n) is 5.26. The molecule has 0 aliphatic carbocycles. The Hall–Kier alpha value is -1.55. The topological polar surface area (TPSA) is 58.6 Å². The van der Waals surface area contributed by atoms with E-state index >= 15 is 0 Å². The van der Waals surface area contributed by atoms with Crippen LogP contribution in [0.4, 0.5) is 4.79 Å². The number of aliphatic hydroxyl groups excluding tert-OH is 1. The fourth-order valence-corrected chi connectivity index (χ4v) is 1.56. The smallest absolute Gasteiger partial charge is 0.407 e. The van der Waals surface area contributed by atoms with E-state index in [2.05, 4.69) is 5.32 Å². The van der Waals surface area contributed by atoms with E-state index < -0.39 is 17.8 Å². The van der Waals surface area contributed by atoms with Crippen molar-refractivity contribution >= 4 is 6.09 Å². The van der Waals surface area contributed by atoms with E-state index in [0.717, 1.165) is 11.1 Å². The Bertz CT molecular complexity index is 410. The maximum atomic E-state index is 11.4. The quantitative estimate of drug-likeness (QED) is 0.868. The molecule has 1 amide bonds. The third kappa shape index (κ3) is 4.75. The van der Waals surface area contributed by atoms with Crippen LogP contribution in [-0.2, 0) is 4.74 Å². The number of aliphatic hydroxyl groups is 1. The fraction of sp³-hybridized carbons (Fsp3) is 0.500. The number of carbonyl (C=O) groups is 1. The summed E-state index contributed by atoms with van der Waals surface area (Å²) in [6, 6.07) is 7.54. The Labute approximate surface area is 108 Å². The maximum Gasteiger partial charge on any atom is 0.407 e. The molecule has 0 saturated carbocycles. The van der Waals surface area contributed by atoms with Gasteiger partial charge in [-0.25, -0.2) is 4.79 Å². The molecule has 0 fully saturated rings. The number of amides is 1. The van der Waals surface area contributed by atoms with Gasteiger partial charge in [0, 0.05) is 0 Å². The van der Waals surface area contributed by atoms with Crippen LogP contribution in [0.15, 0.2) is 24.3 Å². The van der Waals surface area contributed by atoms with E-state index in [9.17, 15) is 9.90 Å². The Morgan fingerprint density at radius 3 is 2.56 bits per heavy atom. The summed E-state index contributed by atoms with van der Waals surface area (Å²) in [5.74, 6) is 0. The van der Waals surface area contributed by atoms with Crippen molar-refractivity contribution in [1.82, 2.24) is 5.32 Å². The monoisotopic (exact) mass is 251 g/mol. The van der Waals surface area contributed by atoms with Gasteiger partial charge in [-0.2, -0.15) is 0 Å². The van der Waals surface area contributed by atoms with Gasteiger partial charge in [-0.1, -0.05) is 24.3 Å². The van der Waals surface area contributed by atoms with E-state index in [4.69, 9.17) is 4.74 Å². The van der Waals surface area contributed by atoms with Crippen molar-refractivity contribution in [3.63, 3.8) is 0 Å². The third-order valence-electron chi connectivity index (χ3n) is 2.39. The van der Waals surface area contributed by atoms with Crippen LogP contribution >= 0.6 is 0 Å². The van der Waals surface area contributed by atoms with E-state index in [1.54, 1.807) is 20.8 Å². The molecule has 1 aromatic carbocycles. The number of aryl methyl sites for hydroxylation is 1. The van der Waals surface area contributed by atoms with Crippen molar-refractivity contribution in [2.24, 2.45) is 0 Å². The molecule has 0 spiro atoms. The zero-order chi connectivity index (χ0) is 13.8. The Morgan fingerprint density at radius 1 is 1.39 bits per heavy atom. The van der Waals surface area contributed by atoms with Gasteiger partial charge in [-0.3, -0.25) is 0 Å². The molecule has 100 valence electrons. The second kappa shape index (κ2) is 5.87. The predicted molar refractivity (Wildman–Crippen MR) is 70.4 cm³/mol. The van der Waals surface area contributed by atoms with Crippen molar-refractivity contribution in [3.05, 3.63) is 35.4 Å². The molecule has 1 rings (SSSR count). The normalized spacial score (nSPS) is 12.9. The maximum absolute atomic E-state index is 11.4. The van der Waals surface area contributed by atoms with Crippen molar-refractivity contribution < 1.29 is 14.6 Å². The highest BCUT2D eigenvalue weighted by Gasteiger charge is 2.17. The number of hydrogen-bond acceptors (Lipinski definition) is 3. The lowest BCUT2D eigenvalue weighted by atomic mass is 10.0. The van der Waals surface area contributed by atoms with Crippen LogP contribution in [0.25, 0.3) is 0 Å². The molecule has 1 atom stereocenters. The molecular formula is C14H21NO3. The van der Waals surface area contributed by atoms with Gasteiger partial charge in [0.2, 0.25) is 0 Å². The minimum absolute atomic E-state index is 0.139. The van der Waals surface area contributed by atoms with Crippen LogP contribution in [0.1, 0.15) is 38.0 Å². The number of rotatable bonds is 3. The molecule has 0 aliphatic heterocycles. The van der Waals surface area contributed by atoms with Crippen molar-refractivity contribution in [1.29, 1.82) is 0 Å². The lowest BCUT2D eigenvalue weighted by Crippen LogP contribution is -2.34. The molecule has 0 radical (unpaired) electrons. The Balaban J connectivity index is 2.49. The molecule has 0 heterocycles. The van der Waals surface area contributed by atoms with Crippen LogP contribution in [0, 0.1) is 6.92 Å². The van der Waals surface area contributed by atoms with E-state index in [-0.39, 0.29) is 6.54 Å². The van der Waals surface area contributed by atoms with Crippen LogP contribution in [0.3, 0.4) is 0 Å². The predicted octanol–water partition coefficient (Wildman–Crippen LogP) is 2.55. The molecule has 0 aliphatic rings. The second-order valence-corrected chi connectivity index (χ2v) is 5.26. The van der Waals surface area contributed by atoms with Gasteiger partial charge >= 0.3 is 6.09 Å². The molecule has 0 saturated heterocycles. The molecular weight excluding hydrogens is 230 g/mol. The first kappa shape index (κ1) is 14.5. The molecule has 18 heavy (non-hydrogen) atoms. The van der Waals surface area contributed by atoms with Crippen LogP contribution in [0.2, 0.25) is 0 Å². The highest BCUT2D eigenvalue weighted by atomic mass is 16.6. The van der Waals surface area contributed by atoms with E-state index in [1.807, 2.05) is 31.2 Å². The molecule has 0 aromatic heterocycles. The molecule has 4 nitrogen and oxygen atoms in total. The summed E-state index contributed by atoms with van der Waals surface area (Å²) in [4.78, 5) is 11.4. The summed E-state index contributed by atoms with van der Waals surface area (Å²) < 4.78 is 5.09. The summed E-state index contributed by atoms with van der Waals surface area (Å²) in [6.07, 6.45) is -1.24. The van der Waals surface area contributed by atoms with Gasteiger partial charge in [-0.15, -0.1) is 0 Å². The van der Waals surface area contributed by atoms with Gasteiger partial charge in [0.15, 0.2) is 0 Å². The first-order valence-electron chi connectivity index (χ1n) is 6.00. The highest BCUT2D eigenvalue weighted by Crippen LogP contribution is 2.16. The minimum atomic E-state index is -0.723. The molecule has 0 bridgehead atoms. The van der Waals surface area contributed by atoms with Crippen LogP contribution in [-0.4, -0.2) is 23.3 Å². The third-order valence-corrected chi connectivity index (χ3v) is 2.39. The lowest BCUT2D eigenvalue weighted by molar-refractivity contribution is 0.0491. The van der Waals surface area contributed by atoms with Gasteiger partial charge in [0.1, 0.15) is 5.60 Å². The summed E-state index contributed by atoms with van der Waals surface area (Å²) >= 11 is 0. The summed E-state index contributed by atoms with van der Waals surface area (Å²) in [5, 5.41) is 12.5. The zero-order valence-corrected chi connectivity index (χ0v) is 11.4. The fourth-order valence-electron chi connectivity index (χ4n) is 1.56. The summed E-state index contributed by atoms with van der Waals surface area (Å²) in [5.41, 5.74) is 1.28. The van der Waals surface area contributed by atoms with Crippen molar-refractivity contribution in [2.75, 3.05) is 6.54 Å². The summed E-state index contributed by atoms with van der Waals surface area (Å²) in [7, 11) is 0. The Kier molecular flexibility index (Phi) is 4.73. The SMILES string of the molecule is Cc1ccccc1C(O)CNC(=O)OC(C)(C)C. The van der Waals surface area contributed by atoms with Crippen molar-refractivity contribution in [3.8, 4) is 0 Å². The van der Waals surface area contributed by atoms with Gasteiger partial charge in [0.25, 0.3) is 0 Å². The van der Waals surface area contributed by atoms with Gasteiger partial charge in [0.05, 0.1) is 12.6 Å². The number of carbonyl (C=O) groups excluding carboxylic acids is 1. The molecule has 4 heteroatoms. The number of nitrogens with one attached hydrogen (secondary N) is 1. The lowest BCUT2D eigenvalue weighted by Gasteiger charge is -2.21. The summed E-state index contributed by atoms with van der Waals surface area (Å²) in [6.45, 7) is 7.45. The zero-order valence-electron chi connectivity index (χ0n) is 11.4. The van der Waals surface area contributed by atoms with Gasteiger partial charge < -0.3 is 15.2 Å². The average Bonchev–Trinajstić information content (AvgIpc) is 2.24. The number of hydrogen-bond donors (Lipinski definition) is 2. The first-order chi connectivity index (χ1) is 8.29. The van der Waals surface area contributed by atoms with Crippen molar-refractivity contribution in [2.45, 2.75) is 39.4 Å². The molecule has 1 aromatic rings. The van der Waals surface area contributed by atoms with Gasteiger partial charge in [-0.05, 0) is 38.8 Å². The first-order valence-corrected chi connectivity index (χ1v) is 6.00. The number of alkyl carbamates (subject to hydrolysis) is 1. The molecule has 2 N–H and O–H groups in total. The highest BCUT2D eigenvalue weighted by molar-refractivity contribution is 5.67. The minimum Gasteiger partial charge on any atom is -0.444 e. The number of benzene rings is 1. The van der Waals surface area contributed by atoms with Crippen LogP contribution in [0.5, 0.6) is 0 Å².